The van der Waals surface area contributed by atoms with Gasteiger partial charge in [-0.3, -0.25) is 0 Å². The molecule has 0 saturated carbocycles. The van der Waals surface area contributed by atoms with Gasteiger partial charge in [-0.15, -0.1) is 22.7 Å². The highest BCUT2D eigenvalue weighted by Gasteiger charge is 2.08. The third kappa shape index (κ3) is 2.32. The summed E-state index contributed by atoms with van der Waals surface area (Å²) in [4.78, 5) is 5.70. The minimum absolute atomic E-state index is 1.40. The van der Waals surface area contributed by atoms with Gasteiger partial charge in [0.15, 0.2) is 0 Å². The van der Waals surface area contributed by atoms with Crippen LogP contribution in [0.4, 0.5) is 0 Å². The maximum atomic E-state index is 2.29. The van der Waals surface area contributed by atoms with Gasteiger partial charge in [0.2, 0.25) is 0 Å². The Morgan fingerprint density at radius 3 is 1.11 bits per heavy atom. The number of aryl methyl sites for hydroxylation is 4. The molecule has 2 heteroatoms. The fourth-order valence-electron chi connectivity index (χ4n) is 2.28. The van der Waals surface area contributed by atoms with Gasteiger partial charge in [0.1, 0.15) is 0 Å². The van der Waals surface area contributed by atoms with E-state index < -0.39 is 0 Å². The quantitative estimate of drug-likeness (QED) is 0.647. The van der Waals surface area contributed by atoms with Crippen LogP contribution in [0, 0.1) is 41.5 Å². The van der Waals surface area contributed by atoms with Crippen LogP contribution in [-0.2, 0) is 0 Å². The summed E-state index contributed by atoms with van der Waals surface area (Å²) in [7, 11) is 0. The zero-order valence-electron chi connectivity index (χ0n) is 12.0. The normalized spacial score (nSPS) is 11.7. The molecular formula is C16H20S2. The zero-order valence-corrected chi connectivity index (χ0v) is 13.6. The van der Waals surface area contributed by atoms with E-state index in [2.05, 4.69) is 53.7 Å². The lowest BCUT2D eigenvalue weighted by Crippen LogP contribution is -1.80. The summed E-state index contributed by atoms with van der Waals surface area (Å²) in [5.74, 6) is 0. The summed E-state index contributed by atoms with van der Waals surface area (Å²) in [6.07, 6.45) is 4.57. The fourth-order valence-corrected chi connectivity index (χ4v) is 4.39. The highest BCUT2D eigenvalue weighted by Crippen LogP contribution is 2.31. The lowest BCUT2D eigenvalue weighted by molar-refractivity contribution is 1.40. The molecule has 0 bridgehead atoms. The van der Waals surface area contributed by atoms with Crippen molar-refractivity contribution in [3.63, 3.8) is 0 Å². The second kappa shape index (κ2) is 5.02. The van der Waals surface area contributed by atoms with Crippen LogP contribution in [0.3, 0.4) is 0 Å². The average Bonchev–Trinajstić information content (AvgIpc) is 2.67. The molecule has 0 amide bonds. The number of hydrogen-bond donors (Lipinski definition) is 0. The SMILES string of the molecule is Cc1sc(C)c(C=Cc2c(C)sc(C)c2C)c1C. The molecule has 2 rings (SSSR count). The van der Waals surface area contributed by atoms with Crippen molar-refractivity contribution in [1.82, 2.24) is 0 Å². The average molecular weight is 276 g/mol. The molecule has 18 heavy (non-hydrogen) atoms. The van der Waals surface area contributed by atoms with Gasteiger partial charge in [-0.05, 0) is 63.8 Å². The van der Waals surface area contributed by atoms with E-state index in [1.807, 2.05) is 22.7 Å². The van der Waals surface area contributed by atoms with Crippen molar-refractivity contribution in [2.45, 2.75) is 41.5 Å². The highest BCUT2D eigenvalue weighted by molar-refractivity contribution is 7.12. The first-order valence-corrected chi connectivity index (χ1v) is 7.86. The summed E-state index contributed by atoms with van der Waals surface area (Å²) in [6.45, 7) is 13.3. The van der Waals surface area contributed by atoms with E-state index >= 15 is 0 Å². The summed E-state index contributed by atoms with van der Waals surface area (Å²) in [5.41, 5.74) is 5.66. The van der Waals surface area contributed by atoms with Crippen LogP contribution in [0.15, 0.2) is 0 Å². The molecule has 96 valence electrons. The molecular weight excluding hydrogens is 256 g/mol. The Labute approximate surface area is 118 Å². The van der Waals surface area contributed by atoms with Crippen LogP contribution in [0.2, 0.25) is 0 Å². The molecule has 0 aliphatic heterocycles. The molecule has 0 nitrogen and oxygen atoms in total. The molecule has 0 N–H and O–H groups in total. The predicted octanol–water partition coefficient (Wildman–Crippen LogP) is 5.83. The van der Waals surface area contributed by atoms with E-state index in [4.69, 9.17) is 0 Å². The van der Waals surface area contributed by atoms with Crippen LogP contribution < -0.4 is 0 Å². The first-order valence-electron chi connectivity index (χ1n) is 6.23. The van der Waals surface area contributed by atoms with Crippen molar-refractivity contribution in [3.8, 4) is 0 Å². The Balaban J connectivity index is 2.42. The molecule has 0 aliphatic carbocycles. The monoisotopic (exact) mass is 276 g/mol. The van der Waals surface area contributed by atoms with E-state index in [0.29, 0.717) is 0 Å². The van der Waals surface area contributed by atoms with Gasteiger partial charge in [0, 0.05) is 19.5 Å². The standard InChI is InChI=1S/C16H20S2/c1-9-11(3)17-13(5)15(9)7-8-16-10(2)12(4)18-14(16)6/h7-8H,1-6H3. The second-order valence-electron chi connectivity index (χ2n) is 4.84. The Kier molecular flexibility index (Phi) is 3.79. The van der Waals surface area contributed by atoms with Crippen molar-refractivity contribution in [2.24, 2.45) is 0 Å². The van der Waals surface area contributed by atoms with E-state index in [1.165, 1.54) is 41.8 Å². The lowest BCUT2D eigenvalue weighted by atomic mass is 10.1. The van der Waals surface area contributed by atoms with Crippen LogP contribution in [0.1, 0.15) is 41.8 Å². The molecule has 0 fully saturated rings. The molecule has 0 aliphatic rings. The van der Waals surface area contributed by atoms with Crippen molar-refractivity contribution in [2.75, 3.05) is 0 Å². The van der Waals surface area contributed by atoms with E-state index in [9.17, 15) is 0 Å². The van der Waals surface area contributed by atoms with Crippen molar-refractivity contribution < 1.29 is 0 Å². The maximum Gasteiger partial charge on any atom is 0.00921 e. The molecule has 0 unspecified atom stereocenters. The molecule has 2 aromatic rings. The van der Waals surface area contributed by atoms with E-state index in [1.54, 1.807) is 0 Å². The summed E-state index contributed by atoms with van der Waals surface area (Å²) >= 11 is 3.79. The summed E-state index contributed by atoms with van der Waals surface area (Å²) < 4.78 is 0. The second-order valence-corrected chi connectivity index (χ2v) is 7.70. The molecule has 0 radical (unpaired) electrons. The fraction of sp³-hybridized carbons (Fsp3) is 0.375. The minimum Gasteiger partial charge on any atom is -0.145 e. The Bertz CT molecular complexity index is 555. The van der Waals surface area contributed by atoms with Crippen LogP contribution in [0.25, 0.3) is 12.2 Å². The smallest absolute Gasteiger partial charge is 0.00921 e. The van der Waals surface area contributed by atoms with Crippen molar-refractivity contribution >= 4 is 34.8 Å². The van der Waals surface area contributed by atoms with Crippen LogP contribution in [0.5, 0.6) is 0 Å². The van der Waals surface area contributed by atoms with E-state index in [-0.39, 0.29) is 0 Å². The van der Waals surface area contributed by atoms with Crippen molar-refractivity contribution in [1.29, 1.82) is 0 Å². The van der Waals surface area contributed by atoms with Gasteiger partial charge in [0.05, 0.1) is 0 Å². The van der Waals surface area contributed by atoms with Gasteiger partial charge in [0.25, 0.3) is 0 Å². The third-order valence-corrected chi connectivity index (χ3v) is 5.93. The van der Waals surface area contributed by atoms with Gasteiger partial charge in [-0.25, -0.2) is 0 Å². The Hall–Kier alpha value is -0.860. The Morgan fingerprint density at radius 1 is 0.556 bits per heavy atom. The number of thiophene rings is 2. The van der Waals surface area contributed by atoms with E-state index in [0.717, 1.165) is 0 Å². The highest BCUT2D eigenvalue weighted by atomic mass is 32.1. The number of hydrogen-bond acceptors (Lipinski definition) is 2. The maximum absolute atomic E-state index is 2.29. The lowest BCUT2D eigenvalue weighted by Gasteiger charge is -1.97. The van der Waals surface area contributed by atoms with Gasteiger partial charge < -0.3 is 0 Å². The van der Waals surface area contributed by atoms with Gasteiger partial charge in [-0.1, -0.05) is 12.2 Å². The summed E-state index contributed by atoms with van der Waals surface area (Å²) in [5, 5.41) is 0. The topological polar surface area (TPSA) is 0 Å². The van der Waals surface area contributed by atoms with Crippen molar-refractivity contribution in [3.05, 3.63) is 41.8 Å². The zero-order chi connectivity index (χ0) is 13.4. The molecule has 2 aromatic heterocycles. The summed E-state index contributed by atoms with van der Waals surface area (Å²) in [6, 6.07) is 0. The molecule has 0 spiro atoms. The third-order valence-electron chi connectivity index (χ3n) is 3.65. The predicted molar refractivity (Wildman–Crippen MR) is 86.0 cm³/mol. The first kappa shape index (κ1) is 13.6. The van der Waals surface area contributed by atoms with Gasteiger partial charge in [-0.2, -0.15) is 0 Å². The van der Waals surface area contributed by atoms with Gasteiger partial charge >= 0.3 is 0 Å². The molecule has 2 heterocycles. The minimum atomic E-state index is 1.40. The molecule has 0 saturated heterocycles. The largest absolute Gasteiger partial charge is 0.145 e. The first-order chi connectivity index (χ1) is 8.41. The molecule has 0 atom stereocenters. The number of rotatable bonds is 2. The van der Waals surface area contributed by atoms with Crippen LogP contribution >= 0.6 is 22.7 Å². The van der Waals surface area contributed by atoms with Crippen LogP contribution in [-0.4, -0.2) is 0 Å². The Morgan fingerprint density at radius 2 is 0.889 bits per heavy atom. The molecule has 0 aromatic carbocycles.